The fourth-order valence-electron chi connectivity index (χ4n) is 1.24. The van der Waals surface area contributed by atoms with Crippen LogP contribution in [0.2, 0.25) is 0 Å². The number of carbonyl (C=O) groups is 1. The van der Waals surface area contributed by atoms with E-state index in [0.29, 0.717) is 0 Å². The molecule has 0 aromatic rings. The standard InChI is InChI=1S/C7H15N.CH4N2O/c1-7-5-3-4-6-8(7)2;2-1(3)4/h7H,3-6H2,1-2H3;(H4,2,3,4). The summed E-state index contributed by atoms with van der Waals surface area (Å²) in [5.74, 6) is 0. The van der Waals surface area contributed by atoms with E-state index < -0.39 is 6.03 Å². The molecular weight excluding hydrogens is 154 g/mol. The van der Waals surface area contributed by atoms with Gasteiger partial charge in [-0.3, -0.25) is 0 Å². The van der Waals surface area contributed by atoms with Crippen LogP contribution in [0.3, 0.4) is 0 Å². The number of piperidine rings is 1. The van der Waals surface area contributed by atoms with Gasteiger partial charge in [-0.15, -0.1) is 0 Å². The first-order valence-corrected chi connectivity index (χ1v) is 4.29. The lowest BCUT2D eigenvalue weighted by Crippen LogP contribution is -2.33. The highest BCUT2D eigenvalue weighted by atomic mass is 16.2. The van der Waals surface area contributed by atoms with Crippen LogP contribution in [0.25, 0.3) is 0 Å². The van der Waals surface area contributed by atoms with E-state index >= 15 is 0 Å². The third-order valence-electron chi connectivity index (χ3n) is 2.14. The zero-order chi connectivity index (χ0) is 9.56. The van der Waals surface area contributed by atoms with Crippen molar-refractivity contribution in [3.63, 3.8) is 0 Å². The van der Waals surface area contributed by atoms with Crippen LogP contribution < -0.4 is 11.5 Å². The number of hydrogen-bond donors (Lipinski definition) is 2. The Bertz CT molecular complexity index is 124. The van der Waals surface area contributed by atoms with Gasteiger partial charge in [0.1, 0.15) is 0 Å². The Balaban J connectivity index is 0.000000261. The molecule has 4 heteroatoms. The second-order valence-electron chi connectivity index (χ2n) is 3.23. The first-order chi connectivity index (χ1) is 5.54. The van der Waals surface area contributed by atoms with Crippen molar-refractivity contribution in [1.29, 1.82) is 0 Å². The average molecular weight is 173 g/mol. The van der Waals surface area contributed by atoms with Gasteiger partial charge in [0, 0.05) is 6.04 Å². The Labute approximate surface area is 73.9 Å². The van der Waals surface area contributed by atoms with Gasteiger partial charge in [-0.25, -0.2) is 4.79 Å². The second kappa shape index (κ2) is 5.83. The molecule has 72 valence electrons. The van der Waals surface area contributed by atoms with Crippen molar-refractivity contribution in [3.8, 4) is 0 Å². The summed E-state index contributed by atoms with van der Waals surface area (Å²) in [6, 6.07) is 0.00347. The van der Waals surface area contributed by atoms with E-state index in [9.17, 15) is 0 Å². The molecule has 1 saturated heterocycles. The summed E-state index contributed by atoms with van der Waals surface area (Å²) in [6.45, 7) is 3.61. The number of carbonyl (C=O) groups excluding carboxylic acids is 1. The maximum absolute atomic E-state index is 9.00. The van der Waals surface area contributed by atoms with E-state index in [1.807, 2.05) is 0 Å². The van der Waals surface area contributed by atoms with Crippen molar-refractivity contribution in [1.82, 2.24) is 4.90 Å². The van der Waals surface area contributed by atoms with Crippen LogP contribution in [0.5, 0.6) is 0 Å². The fraction of sp³-hybridized carbons (Fsp3) is 0.875. The number of urea groups is 1. The number of likely N-dealkylation sites (tertiary alicyclic amines) is 1. The number of hydrogen-bond acceptors (Lipinski definition) is 2. The van der Waals surface area contributed by atoms with Crippen molar-refractivity contribution < 1.29 is 4.79 Å². The summed E-state index contributed by atoms with van der Waals surface area (Å²) in [7, 11) is 2.21. The van der Waals surface area contributed by atoms with Gasteiger partial charge in [0.2, 0.25) is 0 Å². The van der Waals surface area contributed by atoms with E-state index in [4.69, 9.17) is 4.79 Å². The van der Waals surface area contributed by atoms with Gasteiger partial charge in [0.25, 0.3) is 0 Å². The molecular formula is C8H19N3O. The minimum Gasteiger partial charge on any atom is -0.352 e. The molecule has 1 unspecified atom stereocenters. The Kier molecular flexibility index (Phi) is 5.45. The van der Waals surface area contributed by atoms with Crippen molar-refractivity contribution in [3.05, 3.63) is 0 Å². The van der Waals surface area contributed by atoms with E-state index in [-0.39, 0.29) is 0 Å². The SMILES string of the molecule is CC1CCCCN1C.NC(N)=O. The van der Waals surface area contributed by atoms with Crippen LogP contribution in [0.1, 0.15) is 26.2 Å². The first-order valence-electron chi connectivity index (χ1n) is 4.29. The van der Waals surface area contributed by atoms with Crippen LogP contribution in [0, 0.1) is 0 Å². The van der Waals surface area contributed by atoms with Crippen molar-refractivity contribution in [2.24, 2.45) is 11.5 Å². The van der Waals surface area contributed by atoms with Gasteiger partial charge in [-0.2, -0.15) is 0 Å². The van der Waals surface area contributed by atoms with Crippen LogP contribution in [-0.4, -0.2) is 30.6 Å². The van der Waals surface area contributed by atoms with Gasteiger partial charge in [-0.05, 0) is 33.4 Å². The number of nitrogens with two attached hydrogens (primary N) is 2. The number of nitrogens with zero attached hydrogens (tertiary/aromatic N) is 1. The van der Waals surface area contributed by atoms with Gasteiger partial charge in [0.15, 0.2) is 0 Å². The van der Waals surface area contributed by atoms with Gasteiger partial charge >= 0.3 is 6.03 Å². The van der Waals surface area contributed by atoms with Gasteiger partial charge in [0.05, 0.1) is 0 Å². The molecule has 1 heterocycles. The summed E-state index contributed by atoms with van der Waals surface area (Å²) in [5, 5.41) is 0. The van der Waals surface area contributed by atoms with E-state index in [1.165, 1.54) is 25.8 Å². The zero-order valence-corrected chi connectivity index (χ0v) is 7.92. The maximum Gasteiger partial charge on any atom is 0.309 e. The lowest BCUT2D eigenvalue weighted by Gasteiger charge is -2.29. The highest BCUT2D eigenvalue weighted by molar-refractivity contribution is 5.69. The highest BCUT2D eigenvalue weighted by Crippen LogP contribution is 2.13. The second-order valence-corrected chi connectivity index (χ2v) is 3.23. The summed E-state index contributed by atoms with van der Waals surface area (Å²) in [4.78, 5) is 11.4. The quantitative estimate of drug-likeness (QED) is 0.560. The molecule has 0 aromatic heterocycles. The fourth-order valence-corrected chi connectivity index (χ4v) is 1.24. The summed E-state index contributed by atoms with van der Waals surface area (Å²) < 4.78 is 0. The number of primary amides is 2. The molecule has 0 spiro atoms. The van der Waals surface area contributed by atoms with Crippen molar-refractivity contribution in [2.45, 2.75) is 32.2 Å². The van der Waals surface area contributed by atoms with E-state index in [1.54, 1.807) is 0 Å². The maximum atomic E-state index is 9.00. The largest absolute Gasteiger partial charge is 0.352 e. The Morgan fingerprint density at radius 1 is 1.42 bits per heavy atom. The molecule has 4 N–H and O–H groups in total. The normalized spacial score (nSPS) is 24.0. The number of amides is 2. The Hall–Kier alpha value is -0.770. The molecule has 2 amide bonds. The summed E-state index contributed by atoms with van der Waals surface area (Å²) >= 11 is 0. The zero-order valence-electron chi connectivity index (χ0n) is 7.92. The van der Waals surface area contributed by atoms with Gasteiger partial charge in [-0.1, -0.05) is 6.42 Å². The molecule has 0 radical (unpaired) electrons. The van der Waals surface area contributed by atoms with Crippen molar-refractivity contribution >= 4 is 6.03 Å². The highest BCUT2D eigenvalue weighted by Gasteiger charge is 2.12. The molecule has 1 atom stereocenters. The van der Waals surface area contributed by atoms with Crippen LogP contribution >= 0.6 is 0 Å². The molecule has 0 aromatic carbocycles. The lowest BCUT2D eigenvalue weighted by molar-refractivity contribution is 0.200. The van der Waals surface area contributed by atoms with Crippen LogP contribution in [-0.2, 0) is 0 Å². The van der Waals surface area contributed by atoms with Crippen LogP contribution in [0.15, 0.2) is 0 Å². The van der Waals surface area contributed by atoms with E-state index in [0.717, 1.165) is 6.04 Å². The average Bonchev–Trinajstić information content (AvgIpc) is 1.94. The summed E-state index contributed by atoms with van der Waals surface area (Å²) in [5.41, 5.74) is 8.50. The molecule has 12 heavy (non-hydrogen) atoms. The molecule has 0 aliphatic carbocycles. The smallest absolute Gasteiger partial charge is 0.309 e. The van der Waals surface area contributed by atoms with Crippen molar-refractivity contribution in [2.75, 3.05) is 13.6 Å². The first kappa shape index (κ1) is 11.2. The monoisotopic (exact) mass is 173 g/mol. The molecule has 1 aliphatic heterocycles. The Morgan fingerprint density at radius 2 is 1.92 bits per heavy atom. The molecule has 1 rings (SSSR count). The number of rotatable bonds is 0. The molecule has 4 nitrogen and oxygen atoms in total. The predicted octanol–water partition coefficient (Wildman–Crippen LogP) is 0.514. The lowest BCUT2D eigenvalue weighted by atomic mass is 10.1. The minimum absolute atomic E-state index is 0.833. The van der Waals surface area contributed by atoms with Gasteiger partial charge < -0.3 is 16.4 Å². The molecule has 1 aliphatic rings. The molecule has 1 fully saturated rings. The predicted molar refractivity (Wildman–Crippen MR) is 49.7 cm³/mol. The van der Waals surface area contributed by atoms with Crippen LogP contribution in [0.4, 0.5) is 4.79 Å². The topological polar surface area (TPSA) is 72.3 Å². The Morgan fingerprint density at radius 3 is 2.17 bits per heavy atom. The minimum atomic E-state index is -0.833. The summed E-state index contributed by atoms with van der Waals surface area (Å²) in [6.07, 6.45) is 4.24. The third kappa shape index (κ3) is 5.97. The van der Waals surface area contributed by atoms with E-state index in [2.05, 4.69) is 30.3 Å². The molecule has 0 bridgehead atoms. The molecule has 0 saturated carbocycles. The third-order valence-corrected chi connectivity index (χ3v) is 2.14.